The molecule has 0 amide bonds. The van der Waals surface area contributed by atoms with Crippen molar-refractivity contribution in [3.63, 3.8) is 0 Å². The Kier molecular flexibility index (Phi) is 4.24. The van der Waals surface area contributed by atoms with Crippen molar-refractivity contribution < 1.29 is 8.42 Å². The summed E-state index contributed by atoms with van der Waals surface area (Å²) in [4.78, 5) is 0. The Hall–Kier alpha value is -0.570. The van der Waals surface area contributed by atoms with Gasteiger partial charge in [-0.05, 0) is 48.9 Å². The van der Waals surface area contributed by atoms with Crippen LogP contribution < -0.4 is 0 Å². The minimum atomic E-state index is -3.01. The summed E-state index contributed by atoms with van der Waals surface area (Å²) in [5.41, 5.74) is 0.358. The van der Waals surface area contributed by atoms with Crippen molar-refractivity contribution in [2.75, 3.05) is 5.75 Å². The molecule has 0 aromatic heterocycles. The second-order valence-electron chi connectivity index (χ2n) is 6.83. The van der Waals surface area contributed by atoms with E-state index in [1.807, 2.05) is 19.9 Å². The van der Waals surface area contributed by atoms with Crippen LogP contribution in [0.3, 0.4) is 0 Å². The van der Waals surface area contributed by atoms with E-state index in [1.54, 1.807) is 0 Å². The summed E-state index contributed by atoms with van der Waals surface area (Å²) in [6.45, 7) is 6.14. The third kappa shape index (κ3) is 3.50. The highest BCUT2D eigenvalue weighted by atomic mass is 32.2. The molecular weight excluding hydrogens is 256 g/mol. The van der Waals surface area contributed by atoms with Gasteiger partial charge in [-0.25, -0.2) is 8.42 Å². The number of rotatable bonds is 6. The van der Waals surface area contributed by atoms with Gasteiger partial charge in [0.05, 0.1) is 5.75 Å². The van der Waals surface area contributed by atoms with E-state index < -0.39 is 9.84 Å². The fraction of sp³-hybridized carbons (Fsp3) is 0.750. The molecule has 2 aliphatic rings. The first-order valence-corrected chi connectivity index (χ1v) is 9.13. The van der Waals surface area contributed by atoms with Crippen LogP contribution in [0.2, 0.25) is 0 Å². The summed E-state index contributed by atoms with van der Waals surface area (Å²) >= 11 is 0. The Labute approximate surface area is 117 Å². The molecule has 0 aliphatic heterocycles. The molecule has 2 aliphatic carbocycles. The van der Waals surface area contributed by atoms with Crippen LogP contribution >= 0.6 is 0 Å². The van der Waals surface area contributed by atoms with Gasteiger partial charge in [-0.1, -0.05) is 39.0 Å². The van der Waals surface area contributed by atoms with E-state index in [-0.39, 0.29) is 11.7 Å². The minimum Gasteiger partial charge on any atom is -0.224 e. The van der Waals surface area contributed by atoms with Gasteiger partial charge in [-0.2, -0.15) is 0 Å². The van der Waals surface area contributed by atoms with E-state index in [2.05, 4.69) is 19.1 Å². The van der Waals surface area contributed by atoms with Gasteiger partial charge in [0, 0.05) is 5.41 Å². The van der Waals surface area contributed by atoms with Gasteiger partial charge < -0.3 is 0 Å². The lowest BCUT2D eigenvalue weighted by Crippen LogP contribution is -2.21. The molecule has 0 heterocycles. The summed E-state index contributed by atoms with van der Waals surface area (Å²) in [6.07, 6.45) is 11.4. The first-order chi connectivity index (χ1) is 8.83. The van der Waals surface area contributed by atoms with Crippen molar-refractivity contribution in [1.29, 1.82) is 0 Å². The van der Waals surface area contributed by atoms with Crippen molar-refractivity contribution in [2.45, 2.75) is 46.5 Å². The molecule has 3 atom stereocenters. The van der Waals surface area contributed by atoms with Gasteiger partial charge in [-0.15, -0.1) is 0 Å². The molecule has 3 heteroatoms. The Morgan fingerprint density at radius 1 is 1.37 bits per heavy atom. The molecule has 0 saturated heterocycles. The third-order valence-electron chi connectivity index (χ3n) is 4.66. The summed E-state index contributed by atoms with van der Waals surface area (Å²) in [5, 5.41) is 1.44. The predicted octanol–water partition coefficient (Wildman–Crippen LogP) is 3.95. The molecule has 108 valence electrons. The maximum Gasteiger partial charge on any atom is 0.171 e. The van der Waals surface area contributed by atoms with E-state index in [9.17, 15) is 8.42 Å². The summed E-state index contributed by atoms with van der Waals surface area (Å²) in [5.74, 6) is 1.78. The topological polar surface area (TPSA) is 34.1 Å². The molecule has 2 rings (SSSR count). The lowest BCUT2D eigenvalue weighted by molar-refractivity contribution is 0.261. The average Bonchev–Trinajstić information content (AvgIpc) is 2.87. The fourth-order valence-electron chi connectivity index (χ4n) is 3.56. The largest absolute Gasteiger partial charge is 0.224 e. The second-order valence-corrected chi connectivity index (χ2v) is 8.76. The van der Waals surface area contributed by atoms with Crippen LogP contribution in [0.5, 0.6) is 0 Å². The molecule has 2 nitrogen and oxygen atoms in total. The first-order valence-electron chi connectivity index (χ1n) is 7.42. The lowest BCUT2D eigenvalue weighted by Gasteiger charge is -2.30. The van der Waals surface area contributed by atoms with Crippen molar-refractivity contribution >= 4 is 9.84 Å². The van der Waals surface area contributed by atoms with Gasteiger partial charge in [0.1, 0.15) is 0 Å². The summed E-state index contributed by atoms with van der Waals surface area (Å²) in [7, 11) is -3.01. The van der Waals surface area contributed by atoms with Gasteiger partial charge in [0.25, 0.3) is 0 Å². The number of sulfone groups is 1. The normalized spacial score (nSPS) is 31.7. The van der Waals surface area contributed by atoms with Crippen LogP contribution in [0.25, 0.3) is 0 Å². The third-order valence-corrected chi connectivity index (χ3v) is 6.40. The molecule has 2 bridgehead atoms. The van der Waals surface area contributed by atoms with Crippen molar-refractivity contribution in [2.24, 2.45) is 23.2 Å². The first kappa shape index (κ1) is 14.8. The van der Waals surface area contributed by atoms with E-state index >= 15 is 0 Å². The van der Waals surface area contributed by atoms with Crippen LogP contribution in [-0.2, 0) is 9.84 Å². The summed E-state index contributed by atoms with van der Waals surface area (Å²) in [6, 6.07) is 0. The standard InChI is InChI=1S/C16H26O2S/c1-13(2)12-19(17,18)10-4-5-14(3)16-8-6-15(11-16)7-9-16/h4,6,8,10,13-15H,5,7,9,11-12H2,1-3H3. The predicted molar refractivity (Wildman–Crippen MR) is 80.5 cm³/mol. The number of hydrogen-bond acceptors (Lipinski definition) is 2. The molecule has 1 fully saturated rings. The molecule has 0 spiro atoms. The van der Waals surface area contributed by atoms with Crippen LogP contribution in [0.1, 0.15) is 46.5 Å². The van der Waals surface area contributed by atoms with E-state index in [4.69, 9.17) is 0 Å². The highest BCUT2D eigenvalue weighted by molar-refractivity contribution is 7.94. The maximum absolute atomic E-state index is 11.8. The molecular formula is C16H26O2S. The number of allylic oxidation sites excluding steroid dienone is 3. The van der Waals surface area contributed by atoms with E-state index in [0.717, 1.165) is 12.3 Å². The van der Waals surface area contributed by atoms with Crippen LogP contribution in [0.4, 0.5) is 0 Å². The molecule has 1 saturated carbocycles. The SMILES string of the molecule is CC(C)CS(=O)(=O)C=CCC(C)C12C=CC(CC1)C2. The Balaban J connectivity index is 1.90. The van der Waals surface area contributed by atoms with Gasteiger partial charge in [-0.3, -0.25) is 0 Å². The molecule has 0 radical (unpaired) electrons. The highest BCUT2D eigenvalue weighted by Crippen LogP contribution is 2.54. The molecule has 0 N–H and O–H groups in total. The molecule has 0 aromatic carbocycles. The second kappa shape index (κ2) is 5.43. The van der Waals surface area contributed by atoms with Gasteiger partial charge >= 0.3 is 0 Å². The lowest BCUT2D eigenvalue weighted by atomic mass is 9.74. The average molecular weight is 282 g/mol. The minimum absolute atomic E-state index is 0.194. The van der Waals surface area contributed by atoms with Crippen molar-refractivity contribution in [1.82, 2.24) is 0 Å². The molecule has 19 heavy (non-hydrogen) atoms. The molecule has 0 aromatic rings. The van der Waals surface area contributed by atoms with E-state index in [0.29, 0.717) is 11.3 Å². The Bertz CT molecular complexity index is 473. The van der Waals surface area contributed by atoms with Crippen molar-refractivity contribution in [3.8, 4) is 0 Å². The number of hydrogen-bond donors (Lipinski definition) is 0. The fourth-order valence-corrected chi connectivity index (χ4v) is 5.01. The Morgan fingerprint density at radius 3 is 2.58 bits per heavy atom. The monoisotopic (exact) mass is 282 g/mol. The summed E-state index contributed by atoms with van der Waals surface area (Å²) < 4.78 is 23.6. The number of fused-ring (bicyclic) bond motifs is 2. The highest BCUT2D eigenvalue weighted by Gasteiger charge is 2.43. The van der Waals surface area contributed by atoms with Crippen LogP contribution in [0.15, 0.2) is 23.6 Å². The van der Waals surface area contributed by atoms with E-state index in [1.165, 1.54) is 24.7 Å². The zero-order valence-corrected chi connectivity index (χ0v) is 13.1. The van der Waals surface area contributed by atoms with Crippen LogP contribution in [-0.4, -0.2) is 14.2 Å². The van der Waals surface area contributed by atoms with Crippen LogP contribution in [0, 0.1) is 23.2 Å². The zero-order chi connectivity index (χ0) is 14.1. The van der Waals surface area contributed by atoms with Crippen molar-refractivity contribution in [3.05, 3.63) is 23.6 Å². The Morgan fingerprint density at radius 2 is 2.11 bits per heavy atom. The van der Waals surface area contributed by atoms with Gasteiger partial charge in [0.2, 0.25) is 0 Å². The molecule has 3 unspecified atom stereocenters. The maximum atomic E-state index is 11.8. The smallest absolute Gasteiger partial charge is 0.171 e. The zero-order valence-electron chi connectivity index (χ0n) is 12.3. The quantitative estimate of drug-likeness (QED) is 0.691. The van der Waals surface area contributed by atoms with Gasteiger partial charge in [0.15, 0.2) is 9.84 Å².